The van der Waals surface area contributed by atoms with Gasteiger partial charge in [0.25, 0.3) is 0 Å². The number of hydrogen-bond acceptors (Lipinski definition) is 2. The lowest BCUT2D eigenvalue weighted by molar-refractivity contribution is 0.576. The van der Waals surface area contributed by atoms with Gasteiger partial charge in [-0.2, -0.15) is 0 Å². The first-order valence-corrected chi connectivity index (χ1v) is 19.6. The Morgan fingerprint density at radius 1 is 0.432 bits per heavy atom. The first kappa shape index (κ1) is 31.6. The Balaban J connectivity index is 1.33. The minimum Gasteiger partial charge on any atom is -0.134 e. The molecule has 0 fully saturated rings. The summed E-state index contributed by atoms with van der Waals surface area (Å²) in [5.41, 5.74) is 3.21. The van der Waals surface area contributed by atoms with E-state index in [9.17, 15) is 0 Å². The Bertz CT molecular complexity index is 1670. The van der Waals surface area contributed by atoms with Crippen LogP contribution < -0.4 is 0 Å². The number of thiophene rings is 2. The third-order valence-corrected chi connectivity index (χ3v) is 12.3. The summed E-state index contributed by atoms with van der Waals surface area (Å²) in [5.74, 6) is 0. The quantitative estimate of drug-likeness (QED) is 0.0839. The first-order valence-electron chi connectivity index (χ1n) is 18.0. The molecule has 2 heteroatoms. The minimum absolute atomic E-state index is 1.19. The number of aryl methyl sites for hydroxylation is 2. The van der Waals surface area contributed by atoms with Gasteiger partial charge in [-0.25, -0.2) is 0 Å². The van der Waals surface area contributed by atoms with E-state index in [4.69, 9.17) is 0 Å². The van der Waals surface area contributed by atoms with E-state index in [1.54, 1.807) is 31.3 Å². The van der Waals surface area contributed by atoms with Crippen molar-refractivity contribution in [1.82, 2.24) is 0 Å². The monoisotopic (exact) mass is 620 g/mol. The summed E-state index contributed by atoms with van der Waals surface area (Å²) >= 11 is 4.14. The molecule has 0 unspecified atom stereocenters. The van der Waals surface area contributed by atoms with Crippen LogP contribution in [-0.4, -0.2) is 0 Å². The lowest BCUT2D eigenvalue weighted by Crippen LogP contribution is -1.90. The maximum absolute atomic E-state index is 2.49. The highest BCUT2D eigenvalue weighted by molar-refractivity contribution is 7.36. The fourth-order valence-corrected chi connectivity index (χ4v) is 10.4. The lowest BCUT2D eigenvalue weighted by atomic mass is 9.94. The van der Waals surface area contributed by atoms with Crippen molar-refractivity contribution in [2.45, 2.75) is 129 Å². The maximum atomic E-state index is 2.49. The normalized spacial score (nSPS) is 12.1. The Kier molecular flexibility index (Phi) is 11.3. The van der Waals surface area contributed by atoms with Gasteiger partial charge in [0.15, 0.2) is 0 Å². The number of rotatable bonds is 18. The molecule has 0 aliphatic heterocycles. The van der Waals surface area contributed by atoms with Crippen LogP contribution >= 0.6 is 22.7 Å². The van der Waals surface area contributed by atoms with Crippen LogP contribution in [0, 0.1) is 0 Å². The number of hydrogen-bond donors (Lipinski definition) is 0. The first-order chi connectivity index (χ1) is 21.8. The molecule has 44 heavy (non-hydrogen) atoms. The molecule has 232 valence electrons. The molecule has 0 N–H and O–H groups in total. The van der Waals surface area contributed by atoms with Gasteiger partial charge in [-0.3, -0.25) is 0 Å². The minimum atomic E-state index is 1.19. The van der Waals surface area contributed by atoms with Gasteiger partial charge in [0.05, 0.1) is 9.40 Å². The van der Waals surface area contributed by atoms with E-state index < -0.39 is 0 Å². The molecule has 0 spiro atoms. The highest BCUT2D eigenvalue weighted by atomic mass is 32.1. The van der Waals surface area contributed by atoms with Crippen molar-refractivity contribution in [1.29, 1.82) is 0 Å². The second-order valence-electron chi connectivity index (χ2n) is 13.2. The predicted molar refractivity (Wildman–Crippen MR) is 202 cm³/mol. The molecule has 6 aromatic rings. The van der Waals surface area contributed by atoms with Crippen LogP contribution in [0.5, 0.6) is 0 Å². The maximum Gasteiger partial charge on any atom is 0.0545 e. The van der Waals surface area contributed by atoms with E-state index in [2.05, 4.69) is 97.2 Å². The van der Waals surface area contributed by atoms with Crippen LogP contribution in [0.3, 0.4) is 0 Å². The van der Waals surface area contributed by atoms with E-state index in [0.717, 1.165) is 0 Å². The van der Waals surface area contributed by atoms with Crippen LogP contribution in [0.15, 0.2) is 60.7 Å². The average molecular weight is 621 g/mol. The molecule has 0 saturated carbocycles. The summed E-state index contributed by atoms with van der Waals surface area (Å²) in [6.45, 7) is 4.62. The number of benzene rings is 4. The summed E-state index contributed by atoms with van der Waals surface area (Å²) in [6.07, 6.45) is 24.4. The van der Waals surface area contributed by atoms with E-state index in [0.29, 0.717) is 0 Å². The second kappa shape index (κ2) is 15.7. The van der Waals surface area contributed by atoms with Crippen molar-refractivity contribution in [3.63, 3.8) is 0 Å². The fraction of sp³-hybridized carbons (Fsp3) is 0.476. The van der Waals surface area contributed by atoms with E-state index in [1.165, 1.54) is 147 Å². The van der Waals surface area contributed by atoms with Gasteiger partial charge in [0, 0.05) is 20.2 Å². The average Bonchev–Trinajstić information content (AvgIpc) is 3.57. The molecule has 2 aromatic heterocycles. The van der Waals surface area contributed by atoms with E-state index >= 15 is 0 Å². The molecule has 4 aromatic carbocycles. The molecule has 0 radical (unpaired) electrons. The fourth-order valence-electron chi connectivity index (χ4n) is 7.48. The molecule has 0 nitrogen and oxygen atoms in total. The van der Waals surface area contributed by atoms with Gasteiger partial charge in [-0.15, -0.1) is 22.7 Å². The smallest absolute Gasteiger partial charge is 0.0545 e. The summed E-state index contributed by atoms with van der Waals surface area (Å²) in [6, 6.07) is 23.3. The van der Waals surface area contributed by atoms with E-state index in [-0.39, 0.29) is 0 Å². The van der Waals surface area contributed by atoms with Crippen LogP contribution in [0.4, 0.5) is 0 Å². The largest absolute Gasteiger partial charge is 0.134 e. The Hall–Kier alpha value is -2.42. The van der Waals surface area contributed by atoms with Crippen molar-refractivity contribution >= 4 is 73.8 Å². The second-order valence-corrected chi connectivity index (χ2v) is 15.3. The van der Waals surface area contributed by atoms with Crippen LogP contribution in [-0.2, 0) is 12.8 Å². The van der Waals surface area contributed by atoms with Gasteiger partial charge < -0.3 is 0 Å². The lowest BCUT2D eigenvalue weighted by Gasteiger charge is -2.10. The zero-order valence-corrected chi connectivity index (χ0v) is 29.0. The van der Waals surface area contributed by atoms with Crippen LogP contribution in [0.25, 0.3) is 51.1 Å². The highest BCUT2D eigenvalue weighted by Gasteiger charge is 2.20. The summed E-state index contributed by atoms with van der Waals surface area (Å²) < 4.78 is 6.08. The zero-order chi connectivity index (χ0) is 30.1. The predicted octanol–water partition coefficient (Wildman–Crippen LogP) is 14.9. The molecule has 6 rings (SSSR count). The molecular weight excluding hydrogens is 569 g/mol. The third-order valence-electron chi connectivity index (χ3n) is 9.89. The molecule has 0 aliphatic rings. The Morgan fingerprint density at radius 3 is 1.20 bits per heavy atom. The summed E-state index contributed by atoms with van der Waals surface area (Å²) in [7, 11) is 0. The van der Waals surface area contributed by atoms with Gasteiger partial charge in [-0.1, -0.05) is 152 Å². The van der Waals surface area contributed by atoms with Crippen molar-refractivity contribution in [3.05, 3.63) is 71.8 Å². The van der Waals surface area contributed by atoms with Crippen LogP contribution in [0.1, 0.15) is 128 Å². The van der Waals surface area contributed by atoms with Gasteiger partial charge in [0.2, 0.25) is 0 Å². The molecule has 0 amide bonds. The topological polar surface area (TPSA) is 0 Å². The van der Waals surface area contributed by atoms with Crippen molar-refractivity contribution in [3.8, 4) is 0 Å². The molecule has 0 saturated heterocycles. The Morgan fingerprint density at radius 2 is 0.795 bits per heavy atom. The molecule has 0 bridgehead atoms. The van der Waals surface area contributed by atoms with Crippen molar-refractivity contribution < 1.29 is 0 Å². The standard InChI is InChI=1S/C42H52S2/c1-3-5-7-9-11-13-15-17-27-35-33-25-21-19-23-31(33)29-37-39(35)41-42(43-37)40-36(28-18-16-14-12-10-8-6-4-2)34-26-22-20-24-32(34)30-38(40)44-41/h19-26,29-30H,3-18,27-28H2,1-2H3. The highest BCUT2D eigenvalue weighted by Crippen LogP contribution is 2.49. The van der Waals surface area contributed by atoms with Gasteiger partial charge in [0.1, 0.15) is 0 Å². The van der Waals surface area contributed by atoms with Crippen molar-refractivity contribution in [2.24, 2.45) is 0 Å². The molecule has 2 heterocycles. The summed E-state index contributed by atoms with van der Waals surface area (Å²) in [4.78, 5) is 0. The molecule has 0 aliphatic carbocycles. The van der Waals surface area contributed by atoms with Crippen LogP contribution in [0.2, 0.25) is 0 Å². The molecular formula is C42H52S2. The number of fused-ring (bicyclic) bond motifs is 7. The third kappa shape index (κ3) is 7.02. The Labute approximate surface area is 273 Å². The van der Waals surface area contributed by atoms with Gasteiger partial charge in [-0.05, 0) is 70.5 Å². The van der Waals surface area contributed by atoms with E-state index in [1.807, 2.05) is 0 Å². The number of unbranched alkanes of at least 4 members (excludes halogenated alkanes) is 14. The zero-order valence-electron chi connectivity index (χ0n) is 27.3. The summed E-state index contributed by atoms with van der Waals surface area (Å²) in [5, 5.41) is 8.91. The SMILES string of the molecule is CCCCCCCCCCc1c2ccccc2cc2sc3c(sc4cc5ccccc5c(CCCCCCCCCC)c43)c12. The van der Waals surface area contributed by atoms with Gasteiger partial charge >= 0.3 is 0 Å². The van der Waals surface area contributed by atoms with Crippen molar-refractivity contribution in [2.75, 3.05) is 0 Å². The molecule has 0 atom stereocenters.